The van der Waals surface area contributed by atoms with Gasteiger partial charge in [0.15, 0.2) is 17.1 Å². The van der Waals surface area contributed by atoms with Crippen molar-refractivity contribution in [3.63, 3.8) is 0 Å². The highest BCUT2D eigenvalue weighted by Gasteiger charge is 2.25. The summed E-state index contributed by atoms with van der Waals surface area (Å²) < 4.78 is 5.91. The van der Waals surface area contributed by atoms with Crippen LogP contribution in [-0.4, -0.2) is 10.8 Å². The monoisotopic (exact) mass is 303 g/mol. The summed E-state index contributed by atoms with van der Waals surface area (Å²) in [4.78, 5) is 29.7. The molecule has 2 aromatic carbocycles. The van der Waals surface area contributed by atoms with Crippen LogP contribution in [0, 0.1) is 0 Å². The molecule has 1 aliphatic heterocycles. The lowest BCUT2D eigenvalue weighted by Gasteiger charge is -2.13. The Hall–Kier alpha value is -3.01. The van der Waals surface area contributed by atoms with Crippen LogP contribution in [0.1, 0.15) is 23.7 Å². The minimum absolute atomic E-state index is 0.0967. The van der Waals surface area contributed by atoms with Crippen molar-refractivity contribution in [3.05, 3.63) is 64.3 Å². The zero-order chi connectivity index (χ0) is 16.0. The number of benzene rings is 3. The molecule has 0 radical (unpaired) electrons. The second kappa shape index (κ2) is 5.02. The molecule has 0 amide bonds. The molecule has 2 aromatic rings. The van der Waals surface area contributed by atoms with E-state index in [1.54, 1.807) is 25.1 Å². The molecule has 1 aliphatic carbocycles. The van der Waals surface area contributed by atoms with Gasteiger partial charge >= 0.3 is 0 Å². The number of rotatable bonds is 2. The first-order valence-corrected chi connectivity index (χ1v) is 7.48. The number of carbonyl (C=O) groups excluding carboxylic acids is 1. The summed E-state index contributed by atoms with van der Waals surface area (Å²) in [7, 11) is 0. The zero-order valence-corrected chi connectivity index (χ0v) is 12.5. The van der Waals surface area contributed by atoms with Crippen LogP contribution in [0.15, 0.2) is 57.7 Å². The van der Waals surface area contributed by atoms with Crippen molar-refractivity contribution in [1.82, 2.24) is 4.98 Å². The van der Waals surface area contributed by atoms with Crippen LogP contribution in [0.2, 0.25) is 0 Å². The largest absolute Gasteiger partial charge is 0.452 e. The molecular formula is C19H13NO3. The van der Waals surface area contributed by atoms with Crippen molar-refractivity contribution in [2.24, 2.45) is 0 Å². The van der Waals surface area contributed by atoms with Gasteiger partial charge in [0, 0.05) is 17.2 Å². The molecular weight excluding hydrogens is 290 g/mol. The van der Waals surface area contributed by atoms with Crippen LogP contribution in [0.3, 0.4) is 0 Å². The molecule has 0 unspecified atom stereocenters. The number of fused-ring (bicyclic) bond motifs is 4. The Balaban J connectivity index is 2.30. The molecule has 0 fully saturated rings. The Morgan fingerprint density at radius 3 is 2.52 bits per heavy atom. The van der Waals surface area contributed by atoms with E-state index < -0.39 is 0 Å². The summed E-state index contributed by atoms with van der Waals surface area (Å²) in [5.41, 5.74) is 1.61. The number of nitrogens with zero attached hydrogens (tertiary/aromatic N) is 1. The van der Waals surface area contributed by atoms with Crippen molar-refractivity contribution < 1.29 is 9.21 Å². The zero-order valence-electron chi connectivity index (χ0n) is 12.5. The van der Waals surface area contributed by atoms with E-state index in [-0.39, 0.29) is 29.0 Å². The van der Waals surface area contributed by atoms with Crippen molar-refractivity contribution in [1.29, 1.82) is 0 Å². The highest BCUT2D eigenvalue weighted by atomic mass is 16.3. The van der Waals surface area contributed by atoms with E-state index in [9.17, 15) is 9.59 Å². The lowest BCUT2D eigenvalue weighted by Crippen LogP contribution is -2.18. The second-order valence-electron chi connectivity index (χ2n) is 5.39. The van der Waals surface area contributed by atoms with Crippen molar-refractivity contribution in [2.45, 2.75) is 13.3 Å². The van der Waals surface area contributed by atoms with Crippen LogP contribution in [0.4, 0.5) is 0 Å². The highest BCUT2D eigenvalue weighted by molar-refractivity contribution is 6.08. The van der Waals surface area contributed by atoms with Crippen LogP contribution >= 0.6 is 0 Å². The molecule has 0 N–H and O–H groups in total. The average Bonchev–Trinajstić information content (AvgIpc) is 2.60. The van der Waals surface area contributed by atoms with E-state index in [1.807, 2.05) is 30.3 Å². The molecule has 112 valence electrons. The van der Waals surface area contributed by atoms with Crippen LogP contribution in [0.25, 0.3) is 33.3 Å². The molecule has 0 saturated carbocycles. The Morgan fingerprint density at radius 1 is 1.04 bits per heavy atom. The lowest BCUT2D eigenvalue weighted by molar-refractivity contribution is 0.0986. The molecule has 0 aromatic heterocycles. The maximum atomic E-state index is 12.8. The Kier molecular flexibility index (Phi) is 2.98. The van der Waals surface area contributed by atoms with Gasteiger partial charge in [-0.1, -0.05) is 43.3 Å². The average molecular weight is 303 g/mol. The predicted octanol–water partition coefficient (Wildman–Crippen LogP) is 4.04. The molecule has 1 heterocycles. The Bertz CT molecular complexity index is 1090. The lowest BCUT2D eigenvalue weighted by atomic mass is 9.96. The highest BCUT2D eigenvalue weighted by Crippen LogP contribution is 2.33. The van der Waals surface area contributed by atoms with E-state index in [1.165, 1.54) is 0 Å². The third-order valence-electron chi connectivity index (χ3n) is 4.01. The smallest absolute Gasteiger partial charge is 0.201 e. The standard InChI is InChI=1S/C19H13NO3/c1-2-14(21)16-18(22)12-8-4-3-7-11(12)17-19(16)23-15-10-6-5-9-13(15)20-17/h3-10H,2H2,1H3. The molecule has 4 rings (SSSR count). The van der Waals surface area contributed by atoms with Gasteiger partial charge in [-0.05, 0) is 12.1 Å². The van der Waals surface area contributed by atoms with Crippen LogP contribution in [-0.2, 0) is 0 Å². The first kappa shape index (κ1) is 13.6. The molecule has 0 saturated heterocycles. The minimum Gasteiger partial charge on any atom is -0.452 e. The summed E-state index contributed by atoms with van der Waals surface area (Å²) in [6, 6.07) is 14.5. The number of ketones is 1. The van der Waals surface area contributed by atoms with Crippen molar-refractivity contribution >= 4 is 27.7 Å². The summed E-state index contributed by atoms with van der Waals surface area (Å²) in [6.45, 7) is 1.73. The summed E-state index contributed by atoms with van der Waals surface area (Å²) in [6.07, 6.45) is 0.241. The maximum Gasteiger partial charge on any atom is 0.201 e. The van der Waals surface area contributed by atoms with Gasteiger partial charge in [0.05, 0.1) is 0 Å². The molecule has 0 bridgehead atoms. The van der Waals surface area contributed by atoms with Gasteiger partial charge in [0.2, 0.25) is 5.43 Å². The third-order valence-corrected chi connectivity index (χ3v) is 4.01. The van der Waals surface area contributed by atoms with E-state index >= 15 is 0 Å². The van der Waals surface area contributed by atoms with Gasteiger partial charge in [-0.2, -0.15) is 0 Å². The van der Waals surface area contributed by atoms with Gasteiger partial charge in [-0.3, -0.25) is 9.59 Å². The first-order chi connectivity index (χ1) is 11.2. The maximum absolute atomic E-state index is 12.8. The molecule has 4 heteroatoms. The quantitative estimate of drug-likeness (QED) is 0.318. The fourth-order valence-corrected chi connectivity index (χ4v) is 2.87. The number of para-hydroxylation sites is 2. The third kappa shape index (κ3) is 1.95. The van der Waals surface area contributed by atoms with Gasteiger partial charge in [0.1, 0.15) is 16.8 Å². The Morgan fingerprint density at radius 2 is 1.74 bits per heavy atom. The Labute approximate surface area is 131 Å². The molecule has 0 atom stereocenters. The SMILES string of the molecule is CCC(=O)c1c2oc3ccccc3nc-2c2ccccc2c1=O. The predicted molar refractivity (Wildman–Crippen MR) is 89.0 cm³/mol. The normalized spacial score (nSPS) is 11.3. The molecule has 4 nitrogen and oxygen atoms in total. The second-order valence-corrected chi connectivity index (χ2v) is 5.39. The number of aromatic nitrogens is 1. The minimum atomic E-state index is -0.291. The fourth-order valence-electron chi connectivity index (χ4n) is 2.87. The number of hydrogen-bond donors (Lipinski definition) is 0. The summed E-state index contributed by atoms with van der Waals surface area (Å²) in [5, 5.41) is 1.20. The van der Waals surface area contributed by atoms with Gasteiger partial charge in [0.25, 0.3) is 0 Å². The van der Waals surface area contributed by atoms with E-state index in [0.29, 0.717) is 27.6 Å². The first-order valence-electron chi connectivity index (χ1n) is 7.48. The van der Waals surface area contributed by atoms with Crippen molar-refractivity contribution in [2.75, 3.05) is 0 Å². The number of hydrogen-bond acceptors (Lipinski definition) is 4. The topological polar surface area (TPSA) is 60.2 Å². The van der Waals surface area contributed by atoms with Gasteiger partial charge < -0.3 is 4.42 Å². The summed E-state index contributed by atoms with van der Waals surface area (Å²) >= 11 is 0. The van der Waals surface area contributed by atoms with E-state index in [0.717, 1.165) is 0 Å². The number of Topliss-reactive ketones (excluding diaryl/α,β-unsaturated/α-hetero) is 1. The molecule has 0 spiro atoms. The molecule has 23 heavy (non-hydrogen) atoms. The van der Waals surface area contributed by atoms with Crippen LogP contribution < -0.4 is 5.43 Å². The number of carbonyl (C=O) groups is 1. The molecule has 2 aliphatic rings. The van der Waals surface area contributed by atoms with E-state index in [4.69, 9.17) is 4.42 Å². The van der Waals surface area contributed by atoms with Gasteiger partial charge in [-0.15, -0.1) is 0 Å². The van der Waals surface area contributed by atoms with Crippen molar-refractivity contribution in [3.8, 4) is 11.5 Å². The van der Waals surface area contributed by atoms with Crippen LogP contribution in [0.5, 0.6) is 0 Å². The summed E-state index contributed by atoms with van der Waals surface area (Å²) in [5.74, 6) is 0.0471. The van der Waals surface area contributed by atoms with E-state index in [2.05, 4.69) is 4.98 Å². The van der Waals surface area contributed by atoms with Gasteiger partial charge in [-0.25, -0.2) is 4.98 Å². The fraction of sp³-hybridized carbons (Fsp3) is 0.105.